The number of nitrogens with one attached hydrogen (secondary N) is 1. The lowest BCUT2D eigenvalue weighted by atomic mass is 9.91. The highest BCUT2D eigenvalue weighted by molar-refractivity contribution is 5.91. The Balaban J connectivity index is 1.71. The van der Waals surface area contributed by atoms with Crippen molar-refractivity contribution in [2.45, 2.75) is 56.4 Å². The van der Waals surface area contributed by atoms with Crippen LogP contribution in [0.25, 0.3) is 0 Å². The minimum absolute atomic E-state index is 0.0715. The molecule has 1 amide bonds. The number of amides is 1. The predicted molar refractivity (Wildman–Crippen MR) is 79.0 cm³/mol. The molecule has 0 spiro atoms. The zero-order valence-corrected chi connectivity index (χ0v) is 12.0. The summed E-state index contributed by atoms with van der Waals surface area (Å²) in [5.41, 5.74) is 0.538. The lowest BCUT2D eigenvalue weighted by molar-refractivity contribution is -0.384. The van der Waals surface area contributed by atoms with Gasteiger partial charge in [0, 0.05) is 18.2 Å². The standard InChI is InChI=1S/C16H20N2O3/c19-15(17-13-4-2-1-3-5-13)16(10-11-16)12-6-8-14(9-7-12)18(20)21/h6-9,13H,1-5,10-11H2,(H,17,19). The van der Waals surface area contributed by atoms with Gasteiger partial charge >= 0.3 is 0 Å². The molecule has 1 N–H and O–H groups in total. The van der Waals surface area contributed by atoms with Crippen LogP contribution in [0.3, 0.4) is 0 Å². The van der Waals surface area contributed by atoms with Crippen molar-refractivity contribution in [1.29, 1.82) is 0 Å². The molecule has 3 rings (SSSR count). The Bertz CT molecular complexity index is 543. The molecular formula is C16H20N2O3. The molecule has 2 aliphatic rings. The van der Waals surface area contributed by atoms with Gasteiger partial charge in [-0.3, -0.25) is 14.9 Å². The number of carbonyl (C=O) groups is 1. The van der Waals surface area contributed by atoms with Gasteiger partial charge in [-0.15, -0.1) is 0 Å². The van der Waals surface area contributed by atoms with Crippen molar-refractivity contribution in [2.24, 2.45) is 0 Å². The molecule has 0 atom stereocenters. The Morgan fingerprint density at radius 1 is 1.14 bits per heavy atom. The van der Waals surface area contributed by atoms with Gasteiger partial charge in [0.15, 0.2) is 0 Å². The first-order chi connectivity index (χ1) is 10.1. The smallest absolute Gasteiger partial charge is 0.269 e. The molecule has 5 nitrogen and oxygen atoms in total. The molecule has 0 heterocycles. The van der Waals surface area contributed by atoms with E-state index in [0.717, 1.165) is 31.2 Å². The molecule has 112 valence electrons. The second-order valence-corrected chi connectivity index (χ2v) is 6.19. The Hall–Kier alpha value is -1.91. The van der Waals surface area contributed by atoms with Crippen molar-refractivity contribution >= 4 is 11.6 Å². The van der Waals surface area contributed by atoms with Crippen LogP contribution in [0.5, 0.6) is 0 Å². The summed E-state index contributed by atoms with van der Waals surface area (Å²) in [6.45, 7) is 0. The molecule has 0 radical (unpaired) electrons. The maximum Gasteiger partial charge on any atom is 0.269 e. The van der Waals surface area contributed by atoms with Crippen LogP contribution in [-0.2, 0) is 10.2 Å². The SMILES string of the molecule is O=C(NC1CCCCC1)C1(c2ccc([N+](=O)[O-])cc2)CC1. The van der Waals surface area contributed by atoms with E-state index < -0.39 is 10.3 Å². The highest BCUT2D eigenvalue weighted by Gasteiger charge is 2.51. The van der Waals surface area contributed by atoms with E-state index in [2.05, 4.69) is 5.32 Å². The van der Waals surface area contributed by atoms with Crippen LogP contribution in [0.1, 0.15) is 50.5 Å². The molecule has 5 heteroatoms. The number of rotatable bonds is 4. The van der Waals surface area contributed by atoms with Gasteiger partial charge in [-0.2, -0.15) is 0 Å². The van der Waals surface area contributed by atoms with Crippen molar-refractivity contribution in [2.75, 3.05) is 0 Å². The molecule has 0 aromatic heterocycles. The Labute approximate surface area is 123 Å². The summed E-state index contributed by atoms with van der Waals surface area (Å²) in [4.78, 5) is 22.9. The molecule has 1 aromatic carbocycles. The van der Waals surface area contributed by atoms with Crippen LogP contribution in [0, 0.1) is 10.1 Å². The van der Waals surface area contributed by atoms with Gasteiger partial charge in [0.05, 0.1) is 10.3 Å². The van der Waals surface area contributed by atoms with Crippen molar-refractivity contribution in [3.8, 4) is 0 Å². The number of non-ortho nitro benzene ring substituents is 1. The normalized spacial score (nSPS) is 20.8. The van der Waals surface area contributed by atoms with E-state index in [4.69, 9.17) is 0 Å². The van der Waals surface area contributed by atoms with Crippen LogP contribution in [0.2, 0.25) is 0 Å². The number of hydrogen-bond donors (Lipinski definition) is 1. The third kappa shape index (κ3) is 2.77. The van der Waals surface area contributed by atoms with Gasteiger partial charge in [-0.25, -0.2) is 0 Å². The first-order valence-electron chi connectivity index (χ1n) is 7.68. The molecule has 1 aromatic rings. The van der Waals surface area contributed by atoms with Crippen LogP contribution < -0.4 is 5.32 Å². The maximum absolute atomic E-state index is 12.6. The highest BCUT2D eigenvalue weighted by atomic mass is 16.6. The molecular weight excluding hydrogens is 268 g/mol. The predicted octanol–water partition coefficient (Wildman–Crippen LogP) is 3.08. The molecule has 21 heavy (non-hydrogen) atoms. The van der Waals surface area contributed by atoms with Crippen LogP contribution in [0.15, 0.2) is 24.3 Å². The quantitative estimate of drug-likeness (QED) is 0.683. The van der Waals surface area contributed by atoms with Gasteiger partial charge in [-0.05, 0) is 31.2 Å². The number of nitrogens with zero attached hydrogens (tertiary/aromatic N) is 1. The van der Waals surface area contributed by atoms with Gasteiger partial charge < -0.3 is 5.32 Å². The zero-order valence-electron chi connectivity index (χ0n) is 12.0. The van der Waals surface area contributed by atoms with Crippen LogP contribution in [-0.4, -0.2) is 16.9 Å². The van der Waals surface area contributed by atoms with E-state index in [1.807, 2.05) is 0 Å². The van der Waals surface area contributed by atoms with Crippen molar-refractivity contribution in [3.05, 3.63) is 39.9 Å². The maximum atomic E-state index is 12.6. The van der Waals surface area contributed by atoms with E-state index >= 15 is 0 Å². The summed E-state index contributed by atoms with van der Waals surface area (Å²) in [5, 5.41) is 13.9. The van der Waals surface area contributed by atoms with E-state index in [9.17, 15) is 14.9 Å². The number of nitro groups is 1. The summed E-state index contributed by atoms with van der Waals surface area (Å²) < 4.78 is 0. The van der Waals surface area contributed by atoms with Gasteiger partial charge in [0.25, 0.3) is 5.69 Å². The van der Waals surface area contributed by atoms with Gasteiger partial charge in [0.1, 0.15) is 0 Å². The summed E-state index contributed by atoms with van der Waals surface area (Å²) in [6, 6.07) is 6.74. The fourth-order valence-corrected chi connectivity index (χ4v) is 3.24. The van der Waals surface area contributed by atoms with E-state index in [-0.39, 0.29) is 11.6 Å². The average Bonchev–Trinajstić information content (AvgIpc) is 3.30. The van der Waals surface area contributed by atoms with Crippen LogP contribution >= 0.6 is 0 Å². The first-order valence-corrected chi connectivity index (χ1v) is 7.68. The highest BCUT2D eigenvalue weighted by Crippen LogP contribution is 2.48. The molecule has 0 aliphatic heterocycles. The second kappa shape index (κ2) is 5.47. The zero-order chi connectivity index (χ0) is 14.9. The number of hydrogen-bond acceptors (Lipinski definition) is 3. The van der Waals surface area contributed by atoms with Crippen molar-refractivity contribution in [1.82, 2.24) is 5.32 Å². The molecule has 0 saturated heterocycles. The average molecular weight is 288 g/mol. The third-order valence-corrected chi connectivity index (χ3v) is 4.76. The minimum Gasteiger partial charge on any atom is -0.353 e. The molecule has 0 unspecified atom stereocenters. The number of benzene rings is 1. The molecule has 0 bridgehead atoms. The van der Waals surface area contributed by atoms with E-state index in [1.54, 1.807) is 12.1 Å². The van der Waals surface area contributed by atoms with Gasteiger partial charge in [0.2, 0.25) is 5.91 Å². The topological polar surface area (TPSA) is 72.2 Å². The minimum atomic E-state index is -0.438. The van der Waals surface area contributed by atoms with E-state index in [0.29, 0.717) is 6.04 Å². The molecule has 2 fully saturated rings. The Morgan fingerprint density at radius 2 is 1.76 bits per heavy atom. The lowest BCUT2D eigenvalue weighted by Crippen LogP contribution is -2.42. The van der Waals surface area contributed by atoms with E-state index in [1.165, 1.54) is 31.4 Å². The van der Waals surface area contributed by atoms with Crippen molar-refractivity contribution < 1.29 is 9.72 Å². The van der Waals surface area contributed by atoms with Crippen molar-refractivity contribution in [3.63, 3.8) is 0 Å². The molecule has 2 aliphatic carbocycles. The fourth-order valence-electron chi connectivity index (χ4n) is 3.24. The Morgan fingerprint density at radius 3 is 2.29 bits per heavy atom. The fraction of sp³-hybridized carbons (Fsp3) is 0.562. The third-order valence-electron chi connectivity index (χ3n) is 4.76. The second-order valence-electron chi connectivity index (χ2n) is 6.19. The monoisotopic (exact) mass is 288 g/mol. The number of carbonyl (C=O) groups excluding carboxylic acids is 1. The molecule has 2 saturated carbocycles. The Kier molecular flexibility index (Phi) is 3.66. The summed E-state index contributed by atoms with van der Waals surface area (Å²) in [5.74, 6) is 0.100. The summed E-state index contributed by atoms with van der Waals surface area (Å²) >= 11 is 0. The first kappa shape index (κ1) is 14.0. The largest absolute Gasteiger partial charge is 0.353 e. The van der Waals surface area contributed by atoms with Gasteiger partial charge in [-0.1, -0.05) is 31.4 Å². The summed E-state index contributed by atoms with van der Waals surface area (Å²) in [6.07, 6.45) is 7.46. The summed E-state index contributed by atoms with van der Waals surface area (Å²) in [7, 11) is 0. The number of nitro benzene ring substituents is 1. The lowest BCUT2D eigenvalue weighted by Gasteiger charge is -2.25. The van der Waals surface area contributed by atoms with Crippen LogP contribution in [0.4, 0.5) is 5.69 Å².